The number of methoxy groups -OCH3 is 4. The van der Waals surface area contributed by atoms with Crippen LogP contribution in [0.2, 0.25) is 5.02 Å². The summed E-state index contributed by atoms with van der Waals surface area (Å²) in [5, 5.41) is 0.510. The van der Waals surface area contributed by atoms with E-state index in [1.807, 2.05) is 0 Å². The van der Waals surface area contributed by atoms with Crippen LogP contribution in [-0.2, 0) is 5.41 Å². The highest BCUT2D eigenvalue weighted by atomic mass is 35.5. The lowest BCUT2D eigenvalue weighted by molar-refractivity contribution is -0.178. The van der Waals surface area contributed by atoms with Gasteiger partial charge < -0.3 is 18.9 Å². The third kappa shape index (κ3) is 3.72. The zero-order valence-corrected chi connectivity index (χ0v) is 19.9. The summed E-state index contributed by atoms with van der Waals surface area (Å²) < 4.78 is 67.0. The molecule has 0 saturated heterocycles. The maximum Gasteiger partial charge on any atom is 0.402 e. The van der Waals surface area contributed by atoms with Crippen LogP contribution in [0.25, 0.3) is 0 Å². The molecule has 180 valence electrons. The molecule has 1 aliphatic carbocycles. The molecule has 0 radical (unpaired) electrons. The minimum atomic E-state index is -4.62. The predicted molar refractivity (Wildman–Crippen MR) is 124 cm³/mol. The van der Waals surface area contributed by atoms with Crippen molar-refractivity contribution < 1.29 is 32.1 Å². The highest BCUT2D eigenvalue weighted by Gasteiger charge is 2.62. The second-order valence-electron chi connectivity index (χ2n) is 8.08. The first-order valence-electron chi connectivity index (χ1n) is 10.5. The number of ether oxygens (including phenoxy) is 4. The molecule has 0 bridgehead atoms. The van der Waals surface area contributed by atoms with Gasteiger partial charge in [-0.3, -0.25) is 0 Å². The van der Waals surface area contributed by atoms with Crippen molar-refractivity contribution in [3.05, 3.63) is 81.9 Å². The molecular formula is C26H24ClF3O4. The number of hydrogen-bond acceptors (Lipinski definition) is 4. The van der Waals surface area contributed by atoms with Crippen LogP contribution in [-0.4, -0.2) is 34.6 Å². The third-order valence-corrected chi connectivity index (χ3v) is 6.79. The normalized spacial score (nSPS) is 19.5. The van der Waals surface area contributed by atoms with E-state index in [1.54, 1.807) is 30.3 Å². The molecule has 2 atom stereocenters. The van der Waals surface area contributed by atoms with E-state index in [2.05, 4.69) is 0 Å². The highest BCUT2D eigenvalue weighted by molar-refractivity contribution is 6.30. The van der Waals surface area contributed by atoms with Crippen molar-refractivity contribution in [2.45, 2.75) is 23.9 Å². The lowest BCUT2D eigenvalue weighted by atomic mass is 9.73. The molecule has 0 spiro atoms. The second-order valence-corrected chi connectivity index (χ2v) is 8.51. The topological polar surface area (TPSA) is 36.9 Å². The van der Waals surface area contributed by atoms with E-state index in [0.717, 1.165) is 5.56 Å². The molecule has 0 aliphatic heterocycles. The maximum atomic E-state index is 15.2. The predicted octanol–water partition coefficient (Wildman–Crippen LogP) is 6.76. The Bertz CT molecular complexity index is 1190. The van der Waals surface area contributed by atoms with Gasteiger partial charge >= 0.3 is 6.18 Å². The molecule has 0 heterocycles. The van der Waals surface area contributed by atoms with Gasteiger partial charge in [-0.2, -0.15) is 13.2 Å². The Kier molecular flexibility index (Phi) is 6.34. The molecule has 1 aliphatic rings. The number of alkyl halides is 3. The van der Waals surface area contributed by atoms with E-state index in [-0.39, 0.29) is 29.0 Å². The summed E-state index contributed by atoms with van der Waals surface area (Å²) in [5.74, 6) is 0.614. The summed E-state index contributed by atoms with van der Waals surface area (Å²) in [7, 11) is 5.70. The van der Waals surface area contributed by atoms with Crippen LogP contribution in [0.3, 0.4) is 0 Å². The van der Waals surface area contributed by atoms with Crippen molar-refractivity contribution in [3.8, 4) is 23.0 Å². The zero-order valence-electron chi connectivity index (χ0n) is 19.1. The maximum absolute atomic E-state index is 15.2. The average Bonchev–Trinajstić information content (AvgIpc) is 3.18. The number of halogens is 4. The van der Waals surface area contributed by atoms with E-state index in [4.69, 9.17) is 30.5 Å². The Morgan fingerprint density at radius 1 is 0.765 bits per heavy atom. The van der Waals surface area contributed by atoms with Crippen molar-refractivity contribution >= 4 is 11.6 Å². The van der Waals surface area contributed by atoms with Gasteiger partial charge in [0.15, 0.2) is 23.0 Å². The summed E-state index contributed by atoms with van der Waals surface area (Å²) in [6.07, 6.45) is -4.86. The zero-order chi connectivity index (χ0) is 24.7. The Morgan fingerprint density at radius 2 is 1.32 bits per heavy atom. The quantitative estimate of drug-likeness (QED) is 0.381. The van der Waals surface area contributed by atoms with Crippen LogP contribution in [0, 0.1) is 0 Å². The van der Waals surface area contributed by atoms with Crippen molar-refractivity contribution in [3.63, 3.8) is 0 Å². The summed E-state index contributed by atoms with van der Waals surface area (Å²) in [4.78, 5) is 0. The summed E-state index contributed by atoms with van der Waals surface area (Å²) in [6.45, 7) is 0. The number of rotatable bonds is 6. The molecule has 0 amide bonds. The fourth-order valence-electron chi connectivity index (χ4n) is 4.88. The van der Waals surface area contributed by atoms with E-state index < -0.39 is 17.5 Å². The Labute approximate surface area is 201 Å². The Hall–Kier alpha value is -3.06. The number of fused-ring (bicyclic) bond motifs is 1. The van der Waals surface area contributed by atoms with Crippen LogP contribution in [0.4, 0.5) is 13.2 Å². The number of benzene rings is 3. The SMILES string of the molecule is COc1ccc([C@@]2(C(F)(F)F)C[C@H](c3ccc(Cl)cc3)c3cc(OC)c(OC)cc32)cc1OC. The Balaban J connectivity index is 2.04. The van der Waals surface area contributed by atoms with Gasteiger partial charge in [0.2, 0.25) is 0 Å². The molecule has 0 unspecified atom stereocenters. The van der Waals surface area contributed by atoms with Gasteiger partial charge in [-0.25, -0.2) is 0 Å². The fourth-order valence-corrected chi connectivity index (χ4v) is 5.00. The van der Waals surface area contributed by atoms with Gasteiger partial charge in [0.1, 0.15) is 5.41 Å². The minimum absolute atomic E-state index is 0.0579. The highest BCUT2D eigenvalue weighted by Crippen LogP contribution is 2.61. The van der Waals surface area contributed by atoms with Crippen LogP contribution in [0.1, 0.15) is 34.6 Å². The minimum Gasteiger partial charge on any atom is -0.493 e. The van der Waals surface area contributed by atoms with Gasteiger partial charge in [0, 0.05) is 10.9 Å². The van der Waals surface area contributed by atoms with E-state index >= 15 is 13.2 Å². The van der Waals surface area contributed by atoms with E-state index in [1.165, 1.54) is 52.7 Å². The lowest BCUT2D eigenvalue weighted by Crippen LogP contribution is -2.41. The van der Waals surface area contributed by atoms with Gasteiger partial charge in [-0.05, 0) is 65.1 Å². The molecule has 4 nitrogen and oxygen atoms in total. The molecular weight excluding hydrogens is 469 g/mol. The molecule has 0 saturated carbocycles. The third-order valence-electron chi connectivity index (χ3n) is 6.53. The standard InChI is InChI=1S/C26H24ClF3O4/c1-31-21-10-7-16(11-22(21)32-2)25(26(28,29)30)14-19(15-5-8-17(27)9-6-15)18-12-23(33-3)24(34-4)13-20(18)25/h5-13,19H,14H2,1-4H3/t19-,25+/m1/s1. The van der Waals surface area contributed by atoms with E-state index in [0.29, 0.717) is 22.1 Å². The van der Waals surface area contributed by atoms with Gasteiger partial charge in [0.05, 0.1) is 28.4 Å². The van der Waals surface area contributed by atoms with Crippen LogP contribution >= 0.6 is 11.6 Å². The molecule has 3 aromatic carbocycles. The van der Waals surface area contributed by atoms with Gasteiger partial charge in [0.25, 0.3) is 0 Å². The molecule has 3 aromatic rings. The molecule has 4 rings (SSSR count). The number of hydrogen-bond donors (Lipinski definition) is 0. The van der Waals surface area contributed by atoms with Crippen molar-refractivity contribution in [2.75, 3.05) is 28.4 Å². The summed E-state index contributed by atoms with van der Waals surface area (Å²) in [5.41, 5.74) is -0.893. The molecule has 0 fully saturated rings. The first kappa shape index (κ1) is 24.1. The van der Waals surface area contributed by atoms with Crippen molar-refractivity contribution in [2.24, 2.45) is 0 Å². The summed E-state index contributed by atoms with van der Waals surface area (Å²) >= 11 is 6.05. The van der Waals surface area contributed by atoms with Gasteiger partial charge in [-0.15, -0.1) is 0 Å². The first-order chi connectivity index (χ1) is 16.2. The first-order valence-corrected chi connectivity index (χ1v) is 10.9. The summed E-state index contributed by atoms with van der Waals surface area (Å²) in [6, 6.07) is 14.3. The monoisotopic (exact) mass is 492 g/mol. The second kappa shape index (κ2) is 8.95. The van der Waals surface area contributed by atoms with Gasteiger partial charge in [-0.1, -0.05) is 29.8 Å². The van der Waals surface area contributed by atoms with Crippen molar-refractivity contribution in [1.29, 1.82) is 0 Å². The Morgan fingerprint density at radius 3 is 1.88 bits per heavy atom. The molecule has 34 heavy (non-hydrogen) atoms. The molecule has 8 heteroatoms. The van der Waals surface area contributed by atoms with Crippen molar-refractivity contribution in [1.82, 2.24) is 0 Å². The smallest absolute Gasteiger partial charge is 0.402 e. The molecule has 0 aromatic heterocycles. The fraction of sp³-hybridized carbons (Fsp3) is 0.308. The molecule has 0 N–H and O–H groups in total. The average molecular weight is 493 g/mol. The van der Waals surface area contributed by atoms with Crippen LogP contribution < -0.4 is 18.9 Å². The van der Waals surface area contributed by atoms with Crippen LogP contribution in [0.15, 0.2) is 54.6 Å². The van der Waals surface area contributed by atoms with E-state index in [9.17, 15) is 0 Å². The van der Waals surface area contributed by atoms with Crippen LogP contribution in [0.5, 0.6) is 23.0 Å². The largest absolute Gasteiger partial charge is 0.493 e. The lowest BCUT2D eigenvalue weighted by Gasteiger charge is -2.34.